The summed E-state index contributed by atoms with van der Waals surface area (Å²) in [5.74, 6) is -1.18. The summed E-state index contributed by atoms with van der Waals surface area (Å²) in [6, 6.07) is 1.67. The van der Waals surface area contributed by atoms with Crippen LogP contribution in [-0.4, -0.2) is 58.3 Å². The third kappa shape index (κ3) is 5.30. The molecular formula is C11H16N4O4. The van der Waals surface area contributed by atoms with Crippen molar-refractivity contribution in [2.45, 2.75) is 12.5 Å². The molecule has 0 aliphatic rings. The Balaban J connectivity index is 2.30. The average molecular weight is 268 g/mol. The molecule has 0 radical (unpaired) electrons. The number of likely N-dealkylation sites (N-methyl/N-ethyl adjacent to an activating group) is 1. The first kappa shape index (κ1) is 14.8. The molecule has 0 fully saturated rings. The number of carbonyl (C=O) groups excluding carboxylic acids is 1. The zero-order chi connectivity index (χ0) is 14.3. The number of amides is 1. The van der Waals surface area contributed by atoms with Gasteiger partial charge in [-0.25, -0.2) is 14.8 Å². The van der Waals surface area contributed by atoms with E-state index in [4.69, 9.17) is 10.2 Å². The van der Waals surface area contributed by atoms with Crippen LogP contribution in [0.4, 0.5) is 5.95 Å². The number of nitrogens with zero attached hydrogens (tertiary/aromatic N) is 3. The molecule has 0 aromatic carbocycles. The number of aliphatic carboxylic acids is 1. The normalized spacial score (nSPS) is 11.7. The SMILES string of the molecule is CN(CC(=O)NCC[C@H](O)C(=O)O)c1ncccn1. The van der Waals surface area contributed by atoms with Crippen molar-refractivity contribution in [1.82, 2.24) is 15.3 Å². The minimum atomic E-state index is -1.46. The molecule has 1 heterocycles. The third-order valence-corrected chi connectivity index (χ3v) is 2.30. The van der Waals surface area contributed by atoms with Gasteiger partial charge >= 0.3 is 5.97 Å². The molecule has 0 unspecified atom stereocenters. The molecule has 8 heteroatoms. The zero-order valence-corrected chi connectivity index (χ0v) is 10.5. The van der Waals surface area contributed by atoms with Crippen LogP contribution >= 0.6 is 0 Å². The van der Waals surface area contributed by atoms with Crippen LogP contribution in [0.3, 0.4) is 0 Å². The van der Waals surface area contributed by atoms with E-state index in [9.17, 15) is 9.59 Å². The quantitative estimate of drug-likeness (QED) is 0.572. The highest BCUT2D eigenvalue weighted by Crippen LogP contribution is 2.00. The molecule has 0 aliphatic carbocycles. The predicted octanol–water partition coefficient (Wildman–Crippen LogP) is -1.14. The lowest BCUT2D eigenvalue weighted by Gasteiger charge is -2.16. The molecule has 0 spiro atoms. The van der Waals surface area contributed by atoms with Crippen molar-refractivity contribution in [1.29, 1.82) is 0 Å². The summed E-state index contributed by atoms with van der Waals surface area (Å²) in [4.78, 5) is 31.4. The van der Waals surface area contributed by atoms with Crippen LogP contribution in [0.15, 0.2) is 18.5 Å². The van der Waals surface area contributed by atoms with E-state index in [-0.39, 0.29) is 25.4 Å². The van der Waals surface area contributed by atoms with Crippen molar-refractivity contribution in [2.24, 2.45) is 0 Å². The van der Waals surface area contributed by atoms with Crippen LogP contribution in [0, 0.1) is 0 Å². The standard InChI is InChI=1S/C11H16N4O4/c1-15(11-13-4-2-5-14-11)7-9(17)12-6-3-8(16)10(18)19/h2,4-5,8,16H,3,6-7H2,1H3,(H,12,17)(H,18,19)/t8-/m0/s1. The van der Waals surface area contributed by atoms with Crippen LogP contribution in [0.1, 0.15) is 6.42 Å². The van der Waals surface area contributed by atoms with E-state index < -0.39 is 12.1 Å². The summed E-state index contributed by atoms with van der Waals surface area (Å²) in [5.41, 5.74) is 0. The molecule has 0 aliphatic heterocycles. The molecule has 0 saturated carbocycles. The zero-order valence-electron chi connectivity index (χ0n) is 10.5. The summed E-state index contributed by atoms with van der Waals surface area (Å²) in [7, 11) is 1.67. The van der Waals surface area contributed by atoms with Gasteiger partial charge in [0, 0.05) is 32.4 Å². The van der Waals surface area contributed by atoms with Gasteiger partial charge in [0.2, 0.25) is 11.9 Å². The summed E-state index contributed by atoms with van der Waals surface area (Å²) < 4.78 is 0. The van der Waals surface area contributed by atoms with Crippen LogP contribution in [0.5, 0.6) is 0 Å². The second-order valence-electron chi connectivity index (χ2n) is 3.90. The molecule has 0 saturated heterocycles. The maximum Gasteiger partial charge on any atom is 0.332 e. The van der Waals surface area contributed by atoms with Gasteiger partial charge in [-0.1, -0.05) is 0 Å². The number of hydrogen-bond acceptors (Lipinski definition) is 6. The highest BCUT2D eigenvalue weighted by molar-refractivity contribution is 5.80. The third-order valence-electron chi connectivity index (χ3n) is 2.30. The second kappa shape index (κ2) is 7.27. The molecule has 104 valence electrons. The smallest absolute Gasteiger partial charge is 0.332 e. The first-order chi connectivity index (χ1) is 9.00. The number of carboxylic acids is 1. The topological polar surface area (TPSA) is 116 Å². The van der Waals surface area contributed by atoms with Gasteiger partial charge in [-0.2, -0.15) is 0 Å². The van der Waals surface area contributed by atoms with Crippen molar-refractivity contribution in [2.75, 3.05) is 25.0 Å². The van der Waals surface area contributed by atoms with Crippen molar-refractivity contribution in [3.05, 3.63) is 18.5 Å². The molecule has 1 amide bonds. The first-order valence-electron chi connectivity index (χ1n) is 5.66. The lowest BCUT2D eigenvalue weighted by molar-refractivity contribution is -0.147. The minimum Gasteiger partial charge on any atom is -0.479 e. The maximum atomic E-state index is 11.5. The number of carbonyl (C=O) groups is 2. The van der Waals surface area contributed by atoms with Crippen molar-refractivity contribution < 1.29 is 19.8 Å². The molecule has 1 rings (SSSR count). The Kier molecular flexibility index (Phi) is 5.68. The molecule has 1 aromatic rings. The summed E-state index contributed by atoms with van der Waals surface area (Å²) in [6.45, 7) is 0.142. The summed E-state index contributed by atoms with van der Waals surface area (Å²) in [6.07, 6.45) is 1.64. The molecule has 1 aromatic heterocycles. The maximum absolute atomic E-state index is 11.5. The summed E-state index contributed by atoms with van der Waals surface area (Å²) >= 11 is 0. The van der Waals surface area contributed by atoms with E-state index in [1.54, 1.807) is 30.4 Å². The van der Waals surface area contributed by atoms with Crippen molar-refractivity contribution in [3.8, 4) is 0 Å². The number of aliphatic hydroxyl groups is 1. The van der Waals surface area contributed by atoms with Gasteiger partial charge in [0.15, 0.2) is 6.10 Å². The Morgan fingerprint density at radius 2 is 2.05 bits per heavy atom. The van der Waals surface area contributed by atoms with E-state index in [1.165, 1.54) is 0 Å². The number of nitrogens with one attached hydrogen (secondary N) is 1. The molecule has 1 atom stereocenters. The number of anilines is 1. The summed E-state index contributed by atoms with van der Waals surface area (Å²) in [5, 5.41) is 20.0. The molecule has 3 N–H and O–H groups in total. The molecule has 19 heavy (non-hydrogen) atoms. The Hall–Kier alpha value is -2.22. The van der Waals surface area contributed by atoms with Gasteiger partial charge in [0.05, 0.1) is 6.54 Å². The van der Waals surface area contributed by atoms with Gasteiger partial charge in [0.25, 0.3) is 0 Å². The number of carboxylic acid groups (broad SMARTS) is 1. The van der Waals surface area contributed by atoms with Gasteiger partial charge in [-0.15, -0.1) is 0 Å². The lowest BCUT2D eigenvalue weighted by Crippen LogP contribution is -2.37. The highest BCUT2D eigenvalue weighted by atomic mass is 16.4. The Bertz CT molecular complexity index is 426. The van der Waals surface area contributed by atoms with Crippen LogP contribution in [0.25, 0.3) is 0 Å². The van der Waals surface area contributed by atoms with Crippen LogP contribution in [-0.2, 0) is 9.59 Å². The number of aromatic nitrogens is 2. The van der Waals surface area contributed by atoms with Crippen molar-refractivity contribution >= 4 is 17.8 Å². The fraction of sp³-hybridized carbons (Fsp3) is 0.455. The predicted molar refractivity (Wildman–Crippen MR) is 66.6 cm³/mol. The second-order valence-corrected chi connectivity index (χ2v) is 3.90. The van der Waals surface area contributed by atoms with Gasteiger partial charge in [-0.05, 0) is 6.07 Å². The monoisotopic (exact) mass is 268 g/mol. The van der Waals surface area contributed by atoms with Crippen molar-refractivity contribution in [3.63, 3.8) is 0 Å². The molecular weight excluding hydrogens is 252 g/mol. The Labute approximate surface area is 110 Å². The van der Waals surface area contributed by atoms with E-state index in [0.717, 1.165) is 0 Å². The minimum absolute atomic E-state index is 0.0351. The highest BCUT2D eigenvalue weighted by Gasteiger charge is 2.13. The molecule has 0 bridgehead atoms. The number of hydrogen-bond donors (Lipinski definition) is 3. The van der Waals surface area contributed by atoms with Crippen LogP contribution < -0.4 is 10.2 Å². The first-order valence-corrected chi connectivity index (χ1v) is 5.66. The van der Waals surface area contributed by atoms with Gasteiger partial charge < -0.3 is 20.4 Å². The van der Waals surface area contributed by atoms with E-state index in [0.29, 0.717) is 5.95 Å². The fourth-order valence-electron chi connectivity index (χ4n) is 1.30. The van der Waals surface area contributed by atoms with E-state index >= 15 is 0 Å². The number of aliphatic hydroxyl groups excluding tert-OH is 1. The fourth-order valence-corrected chi connectivity index (χ4v) is 1.30. The number of rotatable bonds is 7. The largest absolute Gasteiger partial charge is 0.479 e. The van der Waals surface area contributed by atoms with Crippen LogP contribution in [0.2, 0.25) is 0 Å². The van der Waals surface area contributed by atoms with Gasteiger partial charge in [-0.3, -0.25) is 4.79 Å². The van der Waals surface area contributed by atoms with E-state index in [1.807, 2.05) is 0 Å². The average Bonchev–Trinajstić information content (AvgIpc) is 2.39. The Morgan fingerprint density at radius 1 is 1.42 bits per heavy atom. The van der Waals surface area contributed by atoms with E-state index in [2.05, 4.69) is 15.3 Å². The lowest BCUT2D eigenvalue weighted by atomic mass is 10.2. The Morgan fingerprint density at radius 3 is 2.63 bits per heavy atom. The molecule has 8 nitrogen and oxygen atoms in total. The van der Waals surface area contributed by atoms with Gasteiger partial charge in [0.1, 0.15) is 0 Å².